The van der Waals surface area contributed by atoms with E-state index >= 15 is 0 Å². The largest absolute Gasteiger partial charge is 0.466 e. The fraction of sp³-hybridized carbons (Fsp3) is 0.953. The number of amides is 1. The van der Waals surface area contributed by atoms with Gasteiger partial charge >= 0.3 is 5.97 Å². The minimum atomic E-state index is -0.663. The Balaban J connectivity index is 3.33. The first kappa shape index (κ1) is 90.6. The second-order valence-electron chi connectivity index (χ2n) is 29.9. The van der Waals surface area contributed by atoms with Crippen LogP contribution in [-0.4, -0.2) is 47.4 Å². The van der Waals surface area contributed by atoms with Crippen LogP contribution in [0.2, 0.25) is 0 Å². The van der Waals surface area contributed by atoms with Crippen molar-refractivity contribution >= 4 is 11.9 Å². The number of carbonyl (C=O) groups is 2. The fourth-order valence-corrected chi connectivity index (χ4v) is 14.1. The highest BCUT2D eigenvalue weighted by Gasteiger charge is 2.20. The number of hydrogen-bond donors (Lipinski definition) is 3. The predicted molar refractivity (Wildman–Crippen MR) is 407 cm³/mol. The lowest BCUT2D eigenvalue weighted by molar-refractivity contribution is -0.143. The molecule has 1 amide bonds. The number of ether oxygens (including phenoxy) is 1. The Morgan fingerprint density at radius 3 is 0.772 bits per heavy atom. The van der Waals surface area contributed by atoms with Gasteiger partial charge in [-0.3, -0.25) is 9.59 Å². The Morgan fingerprint density at radius 2 is 0.511 bits per heavy atom. The van der Waals surface area contributed by atoms with E-state index in [2.05, 4.69) is 31.3 Å². The van der Waals surface area contributed by atoms with Crippen LogP contribution in [0, 0.1) is 0 Å². The molecule has 0 heterocycles. The van der Waals surface area contributed by atoms with E-state index in [-0.39, 0.29) is 18.5 Å². The maximum Gasteiger partial charge on any atom is 0.305 e. The Kier molecular flexibility index (Phi) is 80.8. The number of aliphatic hydroxyl groups is 2. The number of hydrogen-bond acceptors (Lipinski definition) is 5. The Morgan fingerprint density at radius 1 is 0.293 bits per heavy atom. The third-order valence-electron chi connectivity index (χ3n) is 20.6. The first-order chi connectivity index (χ1) is 45.5. The topological polar surface area (TPSA) is 95.9 Å². The first-order valence-corrected chi connectivity index (χ1v) is 42.9. The highest BCUT2D eigenvalue weighted by molar-refractivity contribution is 5.76. The van der Waals surface area contributed by atoms with Gasteiger partial charge in [0, 0.05) is 12.8 Å². The summed E-state index contributed by atoms with van der Waals surface area (Å²) in [6.45, 7) is 5.02. The van der Waals surface area contributed by atoms with E-state index in [1.165, 1.54) is 430 Å². The Labute approximate surface area is 578 Å². The molecule has 0 aromatic heterocycles. The van der Waals surface area contributed by atoms with Gasteiger partial charge in [0.05, 0.1) is 25.4 Å². The van der Waals surface area contributed by atoms with Gasteiger partial charge in [-0.2, -0.15) is 0 Å². The molecule has 0 bridgehead atoms. The summed E-state index contributed by atoms with van der Waals surface area (Å²) in [5, 5.41) is 23.5. The fourth-order valence-electron chi connectivity index (χ4n) is 14.1. The van der Waals surface area contributed by atoms with Gasteiger partial charge in [-0.05, 0) is 51.4 Å². The summed E-state index contributed by atoms with van der Waals surface area (Å²) in [7, 11) is 0. The second kappa shape index (κ2) is 82.0. The minimum absolute atomic E-state index is 0.0248. The van der Waals surface area contributed by atoms with Crippen molar-refractivity contribution in [2.75, 3.05) is 13.2 Å². The van der Waals surface area contributed by atoms with Crippen LogP contribution in [0.5, 0.6) is 0 Å². The molecule has 0 aliphatic rings. The summed E-state index contributed by atoms with van der Waals surface area (Å²) in [5.41, 5.74) is 0. The zero-order valence-corrected chi connectivity index (χ0v) is 63.1. The van der Waals surface area contributed by atoms with Crippen molar-refractivity contribution in [1.82, 2.24) is 5.32 Å². The van der Waals surface area contributed by atoms with Crippen LogP contribution < -0.4 is 5.32 Å². The van der Waals surface area contributed by atoms with E-state index < -0.39 is 12.1 Å². The number of nitrogens with one attached hydrogen (secondary N) is 1. The molecular weight excluding hydrogens is 1130 g/mol. The second-order valence-corrected chi connectivity index (χ2v) is 29.9. The molecule has 0 aliphatic heterocycles. The van der Waals surface area contributed by atoms with Crippen molar-refractivity contribution < 1.29 is 24.5 Å². The van der Waals surface area contributed by atoms with Crippen LogP contribution in [0.4, 0.5) is 0 Å². The number of carbonyl (C=O) groups excluding carboxylic acids is 2. The summed E-state index contributed by atoms with van der Waals surface area (Å²) in [5.74, 6) is 0.000390. The van der Waals surface area contributed by atoms with E-state index in [4.69, 9.17) is 4.74 Å². The first-order valence-electron chi connectivity index (χ1n) is 42.9. The van der Waals surface area contributed by atoms with Gasteiger partial charge < -0.3 is 20.3 Å². The van der Waals surface area contributed by atoms with Crippen molar-refractivity contribution in [3.8, 4) is 0 Å². The number of allylic oxidation sites excluding steroid dienone is 2. The number of rotatable bonds is 82. The lowest BCUT2D eigenvalue weighted by atomic mass is 10.0. The van der Waals surface area contributed by atoms with Crippen molar-refractivity contribution in [1.29, 1.82) is 0 Å². The molecule has 6 heteroatoms. The molecule has 548 valence electrons. The maximum atomic E-state index is 12.6. The van der Waals surface area contributed by atoms with Crippen LogP contribution in [0.15, 0.2) is 12.2 Å². The number of aliphatic hydroxyl groups excluding tert-OH is 2. The van der Waals surface area contributed by atoms with Crippen molar-refractivity contribution in [2.45, 2.75) is 514 Å². The van der Waals surface area contributed by atoms with E-state index in [9.17, 15) is 19.8 Å². The van der Waals surface area contributed by atoms with Gasteiger partial charge in [0.1, 0.15) is 0 Å². The van der Waals surface area contributed by atoms with Crippen molar-refractivity contribution in [3.05, 3.63) is 12.2 Å². The third kappa shape index (κ3) is 77.6. The van der Waals surface area contributed by atoms with Gasteiger partial charge in [-0.25, -0.2) is 0 Å². The molecule has 0 spiro atoms. The zero-order valence-electron chi connectivity index (χ0n) is 63.1. The normalized spacial score (nSPS) is 12.4. The molecule has 6 nitrogen and oxygen atoms in total. The Bertz CT molecular complexity index is 1400. The highest BCUT2D eigenvalue weighted by Crippen LogP contribution is 2.21. The van der Waals surface area contributed by atoms with Gasteiger partial charge in [0.15, 0.2) is 0 Å². The van der Waals surface area contributed by atoms with Gasteiger partial charge in [0.25, 0.3) is 0 Å². The summed E-state index contributed by atoms with van der Waals surface area (Å²) in [6, 6.07) is -0.540. The summed E-state index contributed by atoms with van der Waals surface area (Å²) in [4.78, 5) is 24.7. The number of esters is 1. The highest BCUT2D eigenvalue weighted by atomic mass is 16.5. The quantitative estimate of drug-likeness (QED) is 0.0320. The summed E-state index contributed by atoms with van der Waals surface area (Å²) in [6.07, 6.45) is 105. The minimum Gasteiger partial charge on any atom is -0.466 e. The molecule has 2 atom stereocenters. The molecular formula is C86H169NO5. The van der Waals surface area contributed by atoms with E-state index in [1.54, 1.807) is 0 Å². The zero-order chi connectivity index (χ0) is 66.3. The van der Waals surface area contributed by atoms with Gasteiger partial charge in [-0.15, -0.1) is 0 Å². The predicted octanol–water partition coefficient (Wildman–Crippen LogP) is 28.6. The van der Waals surface area contributed by atoms with Crippen LogP contribution in [0.1, 0.15) is 502 Å². The standard InChI is InChI=1S/C86H169NO5/c1-3-5-7-9-11-13-15-17-19-21-22-23-24-38-41-44-47-50-54-58-62-66-70-74-78-84(89)83(82-88)87-85(90)79-75-71-67-63-59-55-51-48-45-42-39-36-34-32-30-28-26-25-27-29-31-33-35-37-40-43-46-49-53-57-61-65-69-73-77-81-92-86(91)80-76-72-68-64-60-56-52-20-18-16-14-12-10-8-6-4-2/h27,29,83-84,88-89H,3-26,28,30-82H2,1-2H3,(H,87,90)/b29-27-. The molecule has 0 rings (SSSR count). The number of unbranched alkanes of at least 4 members (excludes halogenated alkanes) is 69. The SMILES string of the molecule is CCCCCCCCCCCCCCCCCCCCCCCCCCC(O)C(CO)NC(=O)CCCCCCCCCCCCCCCCCCC/C=C\CCCCCCCCCCCCCCCCOC(=O)CCCCCCCCCCCCCCCCCC. The maximum absolute atomic E-state index is 12.6. The molecule has 3 N–H and O–H groups in total. The molecule has 0 saturated carbocycles. The third-order valence-corrected chi connectivity index (χ3v) is 20.6. The monoisotopic (exact) mass is 1300 g/mol. The average molecular weight is 1300 g/mol. The van der Waals surface area contributed by atoms with Crippen LogP contribution in [0.25, 0.3) is 0 Å². The molecule has 0 aromatic rings. The van der Waals surface area contributed by atoms with Crippen molar-refractivity contribution in [3.63, 3.8) is 0 Å². The molecule has 2 unspecified atom stereocenters. The lowest BCUT2D eigenvalue weighted by Gasteiger charge is -2.22. The van der Waals surface area contributed by atoms with Crippen molar-refractivity contribution in [2.24, 2.45) is 0 Å². The van der Waals surface area contributed by atoms with Crippen LogP contribution >= 0.6 is 0 Å². The van der Waals surface area contributed by atoms with Crippen LogP contribution in [0.3, 0.4) is 0 Å². The molecule has 0 saturated heterocycles. The Hall–Kier alpha value is -1.40. The molecule has 0 aromatic carbocycles. The molecule has 0 radical (unpaired) electrons. The van der Waals surface area contributed by atoms with E-state index in [1.807, 2.05) is 0 Å². The lowest BCUT2D eigenvalue weighted by Crippen LogP contribution is -2.45. The van der Waals surface area contributed by atoms with Gasteiger partial charge in [0.2, 0.25) is 5.91 Å². The van der Waals surface area contributed by atoms with Crippen LogP contribution in [-0.2, 0) is 14.3 Å². The molecule has 0 aliphatic carbocycles. The summed E-state index contributed by atoms with van der Waals surface area (Å²) < 4.78 is 5.51. The van der Waals surface area contributed by atoms with E-state index in [0.29, 0.717) is 25.9 Å². The van der Waals surface area contributed by atoms with Gasteiger partial charge in [-0.1, -0.05) is 450 Å². The average Bonchev–Trinajstić information content (AvgIpc) is 3.77. The smallest absolute Gasteiger partial charge is 0.305 e. The molecule has 92 heavy (non-hydrogen) atoms. The molecule has 0 fully saturated rings. The van der Waals surface area contributed by atoms with E-state index in [0.717, 1.165) is 38.5 Å². The summed E-state index contributed by atoms with van der Waals surface area (Å²) >= 11 is 0.